The molecule has 0 saturated heterocycles. The number of hydrogen-bond donors (Lipinski definition) is 1. The lowest BCUT2D eigenvalue weighted by atomic mass is 9.75. The van der Waals surface area contributed by atoms with Crippen LogP contribution in [0, 0.1) is 5.92 Å². The number of benzene rings is 2. The second-order valence-electron chi connectivity index (χ2n) is 8.75. The molecule has 2 aromatic rings. The van der Waals surface area contributed by atoms with Gasteiger partial charge in [0.1, 0.15) is 0 Å². The lowest BCUT2D eigenvalue weighted by molar-refractivity contribution is -0.140. The Balaban J connectivity index is 1.75. The van der Waals surface area contributed by atoms with Crippen LogP contribution in [0.5, 0.6) is 0 Å². The average Bonchev–Trinajstić information content (AvgIpc) is 2.77. The molecule has 1 N–H and O–H groups in total. The Bertz CT molecular complexity index is 1050. The number of allylic oxidation sites excluding steroid dienone is 3. The maximum Gasteiger partial charge on any atom is 0.336 e. The van der Waals surface area contributed by atoms with Gasteiger partial charge in [0.15, 0.2) is 5.78 Å². The van der Waals surface area contributed by atoms with Crippen molar-refractivity contribution in [2.45, 2.75) is 46.0 Å². The smallest absolute Gasteiger partial charge is 0.336 e. The third-order valence-electron chi connectivity index (χ3n) is 5.89. The summed E-state index contributed by atoms with van der Waals surface area (Å²) in [6, 6.07) is 18.4. The number of carbonyl (C=O) groups excluding carboxylic acids is 2. The van der Waals surface area contributed by atoms with Gasteiger partial charge in [0, 0.05) is 29.3 Å². The molecule has 160 valence electrons. The summed E-state index contributed by atoms with van der Waals surface area (Å²) in [7, 11) is 0. The van der Waals surface area contributed by atoms with Crippen LogP contribution in [0.15, 0.2) is 77.1 Å². The van der Waals surface area contributed by atoms with E-state index in [1.54, 1.807) is 0 Å². The number of ketones is 1. The molecule has 0 unspecified atom stereocenters. The van der Waals surface area contributed by atoms with Crippen LogP contribution in [0.25, 0.3) is 11.1 Å². The van der Waals surface area contributed by atoms with Crippen molar-refractivity contribution in [3.8, 4) is 11.1 Å². The van der Waals surface area contributed by atoms with Gasteiger partial charge in [-0.15, -0.1) is 0 Å². The summed E-state index contributed by atoms with van der Waals surface area (Å²) >= 11 is 0. The summed E-state index contributed by atoms with van der Waals surface area (Å²) in [6.07, 6.45) is 2.18. The first-order valence-electron chi connectivity index (χ1n) is 11.0. The topological polar surface area (TPSA) is 55.4 Å². The minimum atomic E-state index is -0.395. The van der Waals surface area contributed by atoms with Gasteiger partial charge >= 0.3 is 5.97 Å². The Labute approximate surface area is 184 Å². The number of dihydropyridines is 1. The van der Waals surface area contributed by atoms with Gasteiger partial charge in [0.05, 0.1) is 12.2 Å². The predicted molar refractivity (Wildman–Crippen MR) is 122 cm³/mol. The molecular formula is C27H29NO3. The summed E-state index contributed by atoms with van der Waals surface area (Å²) < 4.78 is 5.60. The highest BCUT2D eigenvalue weighted by Crippen LogP contribution is 2.42. The fourth-order valence-corrected chi connectivity index (χ4v) is 4.41. The molecule has 1 aliphatic carbocycles. The third kappa shape index (κ3) is 4.34. The Morgan fingerprint density at radius 2 is 1.71 bits per heavy atom. The highest BCUT2D eigenvalue weighted by atomic mass is 16.5. The average molecular weight is 416 g/mol. The molecule has 1 aliphatic heterocycles. The summed E-state index contributed by atoms with van der Waals surface area (Å²) in [5.41, 5.74) is 6.18. The quantitative estimate of drug-likeness (QED) is 0.653. The molecule has 0 amide bonds. The molecule has 1 heterocycles. The van der Waals surface area contributed by atoms with Crippen molar-refractivity contribution in [3.05, 3.63) is 82.7 Å². The fraction of sp³-hybridized carbons (Fsp3) is 0.333. The number of esters is 1. The molecule has 31 heavy (non-hydrogen) atoms. The largest absolute Gasteiger partial charge is 0.462 e. The van der Waals surface area contributed by atoms with Crippen LogP contribution >= 0.6 is 0 Å². The minimum Gasteiger partial charge on any atom is -0.462 e. The van der Waals surface area contributed by atoms with Crippen molar-refractivity contribution in [1.29, 1.82) is 0 Å². The first-order chi connectivity index (χ1) is 15.0. The first kappa shape index (κ1) is 21.1. The molecular weight excluding hydrogens is 386 g/mol. The Kier molecular flexibility index (Phi) is 6.08. The lowest BCUT2D eigenvalue weighted by Gasteiger charge is -2.34. The van der Waals surface area contributed by atoms with Crippen LogP contribution in [0.3, 0.4) is 0 Å². The molecule has 2 aromatic carbocycles. The number of rotatable bonds is 5. The van der Waals surface area contributed by atoms with Gasteiger partial charge in [-0.2, -0.15) is 0 Å². The molecule has 4 rings (SSSR count). The van der Waals surface area contributed by atoms with E-state index in [9.17, 15) is 9.59 Å². The number of hydrogen-bond acceptors (Lipinski definition) is 4. The summed E-state index contributed by atoms with van der Waals surface area (Å²) in [6.45, 7) is 6.28. The van der Waals surface area contributed by atoms with Gasteiger partial charge in [-0.05, 0) is 42.4 Å². The number of nitrogens with one attached hydrogen (secondary N) is 1. The van der Waals surface area contributed by atoms with Crippen LogP contribution in [-0.4, -0.2) is 18.4 Å². The van der Waals surface area contributed by atoms with Gasteiger partial charge < -0.3 is 10.1 Å². The Morgan fingerprint density at radius 3 is 2.39 bits per heavy atom. The first-order valence-corrected chi connectivity index (χ1v) is 11.0. The van der Waals surface area contributed by atoms with Crippen LogP contribution in [0.2, 0.25) is 0 Å². The number of ether oxygens (including phenoxy) is 1. The summed E-state index contributed by atoms with van der Waals surface area (Å²) in [5, 5.41) is 3.34. The molecule has 0 spiro atoms. The summed E-state index contributed by atoms with van der Waals surface area (Å²) in [5.74, 6) is -0.377. The number of carbonyl (C=O) groups is 2. The van der Waals surface area contributed by atoms with E-state index in [0.717, 1.165) is 46.5 Å². The van der Waals surface area contributed by atoms with E-state index in [4.69, 9.17) is 4.74 Å². The van der Waals surface area contributed by atoms with Crippen molar-refractivity contribution in [1.82, 2.24) is 5.32 Å². The maximum absolute atomic E-state index is 13.1. The van der Waals surface area contributed by atoms with E-state index in [1.165, 1.54) is 0 Å². The van der Waals surface area contributed by atoms with Gasteiger partial charge in [0.2, 0.25) is 0 Å². The molecule has 0 saturated carbocycles. The fourth-order valence-electron chi connectivity index (χ4n) is 4.41. The second kappa shape index (κ2) is 8.93. The molecule has 2 aliphatic rings. The van der Waals surface area contributed by atoms with Crippen LogP contribution < -0.4 is 5.32 Å². The second-order valence-corrected chi connectivity index (χ2v) is 8.75. The van der Waals surface area contributed by atoms with Crippen molar-refractivity contribution in [2.24, 2.45) is 5.92 Å². The van der Waals surface area contributed by atoms with Crippen LogP contribution in [0.4, 0.5) is 0 Å². The van der Waals surface area contributed by atoms with E-state index in [-0.39, 0.29) is 17.7 Å². The zero-order valence-electron chi connectivity index (χ0n) is 18.4. The standard InChI is InChI=1S/C27H29NO3/c1-17(2)16-31-27(30)24-18(3)28-22-10-7-11-23(29)26(22)25(24)21-14-12-20(13-15-21)19-8-5-4-6-9-19/h4-6,8-9,12-15,17,25,28H,7,10-11,16H2,1-3H3/t25-/m1/s1. The Morgan fingerprint density at radius 1 is 1.03 bits per heavy atom. The normalized spacial score (nSPS) is 18.7. The van der Waals surface area contributed by atoms with E-state index < -0.39 is 5.92 Å². The van der Waals surface area contributed by atoms with E-state index >= 15 is 0 Å². The van der Waals surface area contributed by atoms with E-state index in [0.29, 0.717) is 18.6 Å². The van der Waals surface area contributed by atoms with Crippen LogP contribution in [0.1, 0.15) is 51.5 Å². The van der Waals surface area contributed by atoms with Gasteiger partial charge in [-0.25, -0.2) is 4.79 Å². The van der Waals surface area contributed by atoms with E-state index in [1.807, 2.05) is 51.1 Å². The van der Waals surface area contributed by atoms with Gasteiger partial charge in [-0.1, -0.05) is 68.4 Å². The molecule has 0 bridgehead atoms. The minimum absolute atomic E-state index is 0.118. The maximum atomic E-state index is 13.1. The molecule has 1 atom stereocenters. The summed E-state index contributed by atoms with van der Waals surface area (Å²) in [4.78, 5) is 26.1. The number of Topliss-reactive ketones (excluding diaryl/α,β-unsaturated/α-hetero) is 1. The third-order valence-corrected chi connectivity index (χ3v) is 5.89. The van der Waals surface area contributed by atoms with Crippen molar-refractivity contribution in [3.63, 3.8) is 0 Å². The van der Waals surface area contributed by atoms with Crippen molar-refractivity contribution < 1.29 is 14.3 Å². The Hall–Kier alpha value is -3.14. The van der Waals surface area contributed by atoms with Gasteiger partial charge in [0.25, 0.3) is 0 Å². The van der Waals surface area contributed by atoms with Gasteiger partial charge in [-0.3, -0.25) is 4.79 Å². The lowest BCUT2D eigenvalue weighted by Crippen LogP contribution is -2.34. The van der Waals surface area contributed by atoms with Crippen LogP contribution in [-0.2, 0) is 14.3 Å². The molecule has 4 nitrogen and oxygen atoms in total. The molecule has 0 aromatic heterocycles. The molecule has 0 fully saturated rings. The van der Waals surface area contributed by atoms with Crippen molar-refractivity contribution >= 4 is 11.8 Å². The highest BCUT2D eigenvalue weighted by molar-refractivity contribution is 6.03. The highest BCUT2D eigenvalue weighted by Gasteiger charge is 2.39. The zero-order valence-corrected chi connectivity index (χ0v) is 18.4. The molecule has 0 radical (unpaired) electrons. The zero-order chi connectivity index (χ0) is 22.0. The van der Waals surface area contributed by atoms with E-state index in [2.05, 4.69) is 29.6 Å². The predicted octanol–water partition coefficient (Wildman–Crippen LogP) is 5.52. The van der Waals surface area contributed by atoms with Crippen molar-refractivity contribution in [2.75, 3.05) is 6.61 Å². The monoisotopic (exact) mass is 415 g/mol. The SMILES string of the molecule is CC1=C(C(=O)OCC(C)C)[C@@H](c2ccc(-c3ccccc3)cc2)C2=C(CCCC2=O)N1. The molecule has 4 heteroatoms.